The van der Waals surface area contributed by atoms with Crippen molar-refractivity contribution in [2.45, 2.75) is 4.90 Å². The number of anilines is 1. The van der Waals surface area contributed by atoms with Crippen molar-refractivity contribution in [3.8, 4) is 0 Å². The molecule has 0 unspecified atom stereocenters. The van der Waals surface area contributed by atoms with Crippen LogP contribution in [0.1, 0.15) is 0 Å². The second-order valence-electron chi connectivity index (χ2n) is 2.96. The largest absolute Gasteiger partial charge is 0.509 e. The van der Waals surface area contributed by atoms with Crippen LogP contribution in [0.3, 0.4) is 0 Å². The Labute approximate surface area is 84.2 Å². The molecule has 4 nitrogen and oxygen atoms in total. The molecule has 1 rings (SSSR count). The highest BCUT2D eigenvalue weighted by molar-refractivity contribution is 7.89. The van der Waals surface area contributed by atoms with Crippen molar-refractivity contribution in [3.05, 3.63) is 18.2 Å². The molecule has 0 aliphatic carbocycles. The first kappa shape index (κ1) is 11.9. The molecular formula is C6H7BF3N2O2S-. The van der Waals surface area contributed by atoms with Gasteiger partial charge in [-0.2, -0.15) is 0 Å². The van der Waals surface area contributed by atoms with Gasteiger partial charge in [0.1, 0.15) is 0 Å². The normalized spacial score (nSPS) is 12.8. The summed E-state index contributed by atoms with van der Waals surface area (Å²) in [5.41, 5.74) is 3.76. The molecule has 1 aromatic carbocycles. The summed E-state index contributed by atoms with van der Waals surface area (Å²) < 4.78 is 58.6. The van der Waals surface area contributed by atoms with Gasteiger partial charge in [-0.25, -0.2) is 13.6 Å². The Morgan fingerprint density at radius 3 is 2.07 bits per heavy atom. The standard InChI is InChI=1S/C6H7BF3N2O2S/c8-7(9,10)4-1-5(11)3-6(2-4)15(12,13)14/h1-3H,11H2,(H2,12,13,14)/q-1. The van der Waals surface area contributed by atoms with Crippen LogP contribution in [-0.4, -0.2) is 15.4 Å². The van der Waals surface area contributed by atoms with Gasteiger partial charge in [-0.05, 0) is 6.07 Å². The highest BCUT2D eigenvalue weighted by Gasteiger charge is 2.27. The van der Waals surface area contributed by atoms with Gasteiger partial charge in [0.05, 0.1) is 4.90 Å². The minimum absolute atomic E-state index is 0.296. The molecule has 0 aliphatic heterocycles. The van der Waals surface area contributed by atoms with Crippen LogP contribution in [0.2, 0.25) is 0 Å². The van der Waals surface area contributed by atoms with Gasteiger partial charge < -0.3 is 18.7 Å². The van der Waals surface area contributed by atoms with E-state index in [0.717, 1.165) is 6.07 Å². The summed E-state index contributed by atoms with van der Waals surface area (Å²) in [4.78, 5) is -0.642. The first-order valence-corrected chi connectivity index (χ1v) is 5.28. The fourth-order valence-electron chi connectivity index (χ4n) is 0.999. The molecule has 0 bridgehead atoms. The molecule has 0 radical (unpaired) electrons. The first-order chi connectivity index (χ1) is 6.60. The van der Waals surface area contributed by atoms with Crippen molar-refractivity contribution in [1.82, 2.24) is 0 Å². The maximum atomic E-state index is 12.3. The average Bonchev–Trinajstić information content (AvgIpc) is 1.99. The van der Waals surface area contributed by atoms with E-state index in [4.69, 9.17) is 10.9 Å². The van der Waals surface area contributed by atoms with E-state index in [-0.39, 0.29) is 5.69 Å². The van der Waals surface area contributed by atoms with Crippen molar-refractivity contribution in [3.63, 3.8) is 0 Å². The third-order valence-electron chi connectivity index (χ3n) is 1.66. The zero-order chi connectivity index (χ0) is 11.9. The first-order valence-electron chi connectivity index (χ1n) is 3.74. The van der Waals surface area contributed by atoms with Crippen LogP contribution >= 0.6 is 0 Å². The molecule has 9 heteroatoms. The third-order valence-corrected chi connectivity index (χ3v) is 2.55. The number of halogens is 3. The minimum Gasteiger partial charge on any atom is -0.445 e. The van der Waals surface area contributed by atoms with E-state index < -0.39 is 27.4 Å². The predicted molar refractivity (Wildman–Crippen MR) is 50.9 cm³/mol. The molecule has 0 atom stereocenters. The van der Waals surface area contributed by atoms with Crippen LogP contribution < -0.4 is 16.3 Å². The number of sulfonamides is 1. The fourth-order valence-corrected chi connectivity index (χ4v) is 1.60. The number of rotatable bonds is 2. The molecular weight excluding hydrogens is 232 g/mol. The van der Waals surface area contributed by atoms with Gasteiger partial charge in [0.25, 0.3) is 0 Å². The lowest BCUT2D eigenvalue weighted by Gasteiger charge is -2.16. The van der Waals surface area contributed by atoms with E-state index in [2.05, 4.69) is 0 Å². The Morgan fingerprint density at radius 2 is 1.67 bits per heavy atom. The highest BCUT2D eigenvalue weighted by Crippen LogP contribution is 2.15. The fraction of sp³-hybridized carbons (Fsp3) is 0. The SMILES string of the molecule is Nc1cc([B-](F)(F)F)cc(S(N)(=O)=O)c1. The Balaban J connectivity index is 3.43. The lowest BCUT2D eigenvalue weighted by Crippen LogP contribution is -2.35. The molecule has 0 fully saturated rings. The van der Waals surface area contributed by atoms with E-state index in [0.29, 0.717) is 12.1 Å². The zero-order valence-corrected chi connectivity index (χ0v) is 8.14. The molecule has 0 saturated heterocycles. The summed E-state index contributed by atoms with van der Waals surface area (Å²) in [5.74, 6) is 0. The lowest BCUT2D eigenvalue weighted by molar-refractivity contribution is 0.501. The Kier molecular flexibility index (Phi) is 2.70. The molecule has 84 valence electrons. The maximum Gasteiger partial charge on any atom is 0.509 e. The van der Waals surface area contributed by atoms with Crippen molar-refractivity contribution in [1.29, 1.82) is 0 Å². The van der Waals surface area contributed by atoms with Gasteiger partial charge in [0.2, 0.25) is 10.0 Å². The lowest BCUT2D eigenvalue weighted by atomic mass is 9.80. The smallest absolute Gasteiger partial charge is 0.445 e. The van der Waals surface area contributed by atoms with Gasteiger partial charge in [-0.3, -0.25) is 0 Å². The molecule has 4 N–H and O–H groups in total. The van der Waals surface area contributed by atoms with Crippen molar-refractivity contribution < 1.29 is 21.4 Å². The Hall–Kier alpha value is -1.22. The predicted octanol–water partition coefficient (Wildman–Crippen LogP) is -0.0294. The Morgan fingerprint density at radius 1 is 1.13 bits per heavy atom. The van der Waals surface area contributed by atoms with E-state index in [9.17, 15) is 21.4 Å². The van der Waals surface area contributed by atoms with Gasteiger partial charge >= 0.3 is 6.98 Å². The molecule has 15 heavy (non-hydrogen) atoms. The number of nitrogen functional groups attached to an aromatic ring is 1. The maximum absolute atomic E-state index is 12.3. The van der Waals surface area contributed by atoms with Crippen LogP contribution in [-0.2, 0) is 10.0 Å². The summed E-state index contributed by atoms with van der Waals surface area (Å²) in [7, 11) is -4.18. The summed E-state index contributed by atoms with van der Waals surface area (Å²) in [5, 5.41) is 4.69. The summed E-state index contributed by atoms with van der Waals surface area (Å²) >= 11 is 0. The van der Waals surface area contributed by atoms with Crippen molar-refractivity contribution in [2.24, 2.45) is 5.14 Å². The van der Waals surface area contributed by atoms with E-state index in [1.165, 1.54) is 0 Å². The number of benzene rings is 1. The van der Waals surface area contributed by atoms with Crippen LogP contribution in [0, 0.1) is 0 Å². The van der Waals surface area contributed by atoms with E-state index in [1.54, 1.807) is 0 Å². The number of nitrogens with two attached hydrogens (primary N) is 2. The number of primary sulfonamides is 1. The molecule has 0 amide bonds. The molecule has 0 aliphatic rings. The quantitative estimate of drug-likeness (QED) is 0.561. The summed E-state index contributed by atoms with van der Waals surface area (Å²) in [6.45, 7) is -5.30. The van der Waals surface area contributed by atoms with Crippen LogP contribution in [0.4, 0.5) is 18.6 Å². The van der Waals surface area contributed by atoms with Crippen LogP contribution in [0.25, 0.3) is 0 Å². The van der Waals surface area contributed by atoms with E-state index in [1.807, 2.05) is 0 Å². The zero-order valence-electron chi connectivity index (χ0n) is 7.32. The monoisotopic (exact) mass is 239 g/mol. The summed E-state index contributed by atoms with van der Waals surface area (Å²) in [6.07, 6.45) is 0. The van der Waals surface area contributed by atoms with Crippen LogP contribution in [0.5, 0.6) is 0 Å². The van der Waals surface area contributed by atoms with Crippen molar-refractivity contribution >= 4 is 28.2 Å². The molecule has 1 aromatic rings. The number of hydrogen-bond donors (Lipinski definition) is 2. The van der Waals surface area contributed by atoms with E-state index >= 15 is 0 Å². The third kappa shape index (κ3) is 2.86. The topological polar surface area (TPSA) is 86.2 Å². The van der Waals surface area contributed by atoms with Gasteiger partial charge in [-0.15, -0.1) is 5.46 Å². The second kappa shape index (κ2) is 3.42. The Bertz CT molecular complexity index is 486. The molecule has 0 heterocycles. The number of hydrogen-bond acceptors (Lipinski definition) is 3. The molecule has 0 spiro atoms. The van der Waals surface area contributed by atoms with Gasteiger partial charge in [0.15, 0.2) is 0 Å². The van der Waals surface area contributed by atoms with Crippen LogP contribution in [0.15, 0.2) is 23.1 Å². The second-order valence-corrected chi connectivity index (χ2v) is 4.52. The molecule has 0 aromatic heterocycles. The average molecular weight is 239 g/mol. The van der Waals surface area contributed by atoms with Gasteiger partial charge in [-0.1, -0.05) is 12.1 Å². The molecule has 0 saturated carbocycles. The van der Waals surface area contributed by atoms with Gasteiger partial charge in [0, 0.05) is 5.69 Å². The summed E-state index contributed by atoms with van der Waals surface area (Å²) in [6, 6.07) is 2.00. The van der Waals surface area contributed by atoms with Crippen molar-refractivity contribution in [2.75, 3.05) is 5.73 Å². The highest BCUT2D eigenvalue weighted by atomic mass is 32.2. The minimum atomic E-state index is -5.30.